The van der Waals surface area contributed by atoms with Crippen LogP contribution in [-0.2, 0) is 4.79 Å². The number of nitrogens with zero attached hydrogens (tertiary/aromatic N) is 1. The number of rotatable bonds is 2. The molecule has 0 aliphatic heterocycles. The molecule has 0 atom stereocenters. The van der Waals surface area contributed by atoms with Gasteiger partial charge in [0.05, 0.1) is 6.10 Å². The summed E-state index contributed by atoms with van der Waals surface area (Å²) >= 11 is 1.40. The molecule has 0 radical (unpaired) electrons. The molecule has 1 heterocycles. The summed E-state index contributed by atoms with van der Waals surface area (Å²) in [7, 11) is 0. The van der Waals surface area contributed by atoms with E-state index in [4.69, 9.17) is 5.11 Å². The Balaban J connectivity index is 1.86. The molecule has 70 valence electrons. The van der Waals surface area contributed by atoms with E-state index in [9.17, 15) is 4.79 Å². The third kappa shape index (κ3) is 1.87. The molecule has 1 aromatic rings. The monoisotopic (exact) mass is 198 g/mol. The van der Waals surface area contributed by atoms with Gasteiger partial charge in [0.2, 0.25) is 5.91 Å². The van der Waals surface area contributed by atoms with Gasteiger partial charge in [-0.2, -0.15) is 0 Å². The third-order valence-electron chi connectivity index (χ3n) is 2.15. The molecule has 1 fully saturated rings. The van der Waals surface area contributed by atoms with Crippen LogP contribution < -0.4 is 5.32 Å². The summed E-state index contributed by atoms with van der Waals surface area (Å²) in [5.41, 5.74) is 0. The molecule has 1 aliphatic rings. The maximum absolute atomic E-state index is 11.4. The Morgan fingerprint density at radius 2 is 2.46 bits per heavy atom. The minimum absolute atomic E-state index is 0.0275. The van der Waals surface area contributed by atoms with Crippen molar-refractivity contribution in [2.75, 3.05) is 5.32 Å². The predicted molar refractivity (Wildman–Crippen MR) is 49.5 cm³/mol. The van der Waals surface area contributed by atoms with Crippen LogP contribution in [0.5, 0.6) is 0 Å². The van der Waals surface area contributed by atoms with Crippen LogP contribution >= 0.6 is 11.3 Å². The molecule has 2 N–H and O–H groups in total. The molecule has 13 heavy (non-hydrogen) atoms. The van der Waals surface area contributed by atoms with Gasteiger partial charge >= 0.3 is 0 Å². The molecule has 5 heteroatoms. The van der Waals surface area contributed by atoms with Crippen molar-refractivity contribution in [3.8, 4) is 0 Å². The Hall–Kier alpha value is -0.940. The van der Waals surface area contributed by atoms with Gasteiger partial charge in [0.25, 0.3) is 0 Å². The van der Waals surface area contributed by atoms with Gasteiger partial charge in [-0.15, -0.1) is 11.3 Å². The first-order valence-corrected chi connectivity index (χ1v) is 5.02. The van der Waals surface area contributed by atoms with Crippen molar-refractivity contribution in [2.45, 2.75) is 18.9 Å². The van der Waals surface area contributed by atoms with Gasteiger partial charge in [0.1, 0.15) is 0 Å². The maximum Gasteiger partial charge on any atom is 0.229 e. The molecular formula is C8H10N2O2S. The number of aliphatic hydroxyl groups is 1. The van der Waals surface area contributed by atoms with Crippen LogP contribution in [0.4, 0.5) is 5.13 Å². The van der Waals surface area contributed by atoms with E-state index in [0.717, 1.165) is 0 Å². The summed E-state index contributed by atoms with van der Waals surface area (Å²) in [5.74, 6) is -0.0563. The summed E-state index contributed by atoms with van der Waals surface area (Å²) in [6.07, 6.45) is 2.52. The zero-order valence-electron chi connectivity index (χ0n) is 6.93. The van der Waals surface area contributed by atoms with Crippen molar-refractivity contribution < 1.29 is 9.90 Å². The van der Waals surface area contributed by atoms with Crippen molar-refractivity contribution in [1.82, 2.24) is 4.98 Å². The second-order valence-corrected chi connectivity index (χ2v) is 4.04. The number of anilines is 1. The second kappa shape index (κ2) is 3.43. The Morgan fingerprint density at radius 1 is 1.69 bits per heavy atom. The number of aromatic nitrogens is 1. The van der Waals surface area contributed by atoms with Crippen LogP contribution in [0, 0.1) is 5.92 Å². The molecule has 1 amide bonds. The standard InChI is InChI=1S/C8H10N2O2S/c11-6-3-5(4-6)7(12)10-8-9-1-2-13-8/h1-2,5-6,11H,3-4H2,(H,9,10,12)/t5-,6-. The largest absolute Gasteiger partial charge is 0.393 e. The molecule has 1 aromatic heterocycles. The van der Waals surface area contributed by atoms with Crippen LogP contribution in [0.25, 0.3) is 0 Å². The van der Waals surface area contributed by atoms with Crippen molar-refractivity contribution in [2.24, 2.45) is 5.92 Å². The molecule has 0 aromatic carbocycles. The smallest absolute Gasteiger partial charge is 0.229 e. The highest BCUT2D eigenvalue weighted by Gasteiger charge is 2.33. The first-order valence-electron chi connectivity index (χ1n) is 4.14. The quantitative estimate of drug-likeness (QED) is 0.740. The number of carbonyl (C=O) groups is 1. The number of carbonyl (C=O) groups excluding carboxylic acids is 1. The Bertz CT molecular complexity index is 293. The molecule has 0 saturated heterocycles. The average molecular weight is 198 g/mol. The minimum Gasteiger partial charge on any atom is -0.393 e. The minimum atomic E-state index is -0.285. The molecule has 1 aliphatic carbocycles. The zero-order chi connectivity index (χ0) is 9.26. The fourth-order valence-electron chi connectivity index (χ4n) is 1.29. The third-order valence-corrected chi connectivity index (χ3v) is 2.83. The Morgan fingerprint density at radius 3 is 3.00 bits per heavy atom. The molecular weight excluding hydrogens is 188 g/mol. The van der Waals surface area contributed by atoms with E-state index < -0.39 is 0 Å². The van der Waals surface area contributed by atoms with Crippen LogP contribution in [0.2, 0.25) is 0 Å². The summed E-state index contributed by atoms with van der Waals surface area (Å²) in [5, 5.41) is 14.1. The lowest BCUT2D eigenvalue weighted by Crippen LogP contribution is -2.37. The van der Waals surface area contributed by atoms with E-state index >= 15 is 0 Å². The van der Waals surface area contributed by atoms with E-state index in [0.29, 0.717) is 18.0 Å². The molecule has 0 bridgehead atoms. The second-order valence-electron chi connectivity index (χ2n) is 3.15. The number of aliphatic hydroxyl groups excluding tert-OH is 1. The van der Waals surface area contributed by atoms with Gasteiger partial charge in [-0.05, 0) is 12.8 Å². The summed E-state index contributed by atoms with van der Waals surface area (Å²) in [6, 6.07) is 0. The van der Waals surface area contributed by atoms with Gasteiger partial charge in [0.15, 0.2) is 5.13 Å². The van der Waals surface area contributed by atoms with Gasteiger partial charge in [-0.1, -0.05) is 0 Å². The van der Waals surface area contributed by atoms with Gasteiger partial charge in [-0.25, -0.2) is 4.98 Å². The molecule has 1 saturated carbocycles. The van der Waals surface area contributed by atoms with Gasteiger partial charge in [0, 0.05) is 17.5 Å². The van der Waals surface area contributed by atoms with Crippen LogP contribution in [0.15, 0.2) is 11.6 Å². The first-order chi connectivity index (χ1) is 6.25. The lowest BCUT2D eigenvalue weighted by molar-refractivity contribution is -0.126. The molecule has 4 nitrogen and oxygen atoms in total. The Labute approximate surface area is 79.6 Å². The maximum atomic E-state index is 11.4. The van der Waals surface area contributed by atoms with E-state index in [2.05, 4.69) is 10.3 Å². The van der Waals surface area contributed by atoms with Gasteiger partial charge in [-0.3, -0.25) is 4.79 Å². The molecule has 0 unspecified atom stereocenters. The topological polar surface area (TPSA) is 62.2 Å². The summed E-state index contributed by atoms with van der Waals surface area (Å²) in [4.78, 5) is 15.3. The fourth-order valence-corrected chi connectivity index (χ4v) is 1.83. The SMILES string of the molecule is O=C(Nc1nccs1)[C@H]1C[C@H](O)C1. The normalized spacial score (nSPS) is 26.5. The lowest BCUT2D eigenvalue weighted by Gasteiger charge is -2.29. The number of nitrogens with one attached hydrogen (secondary N) is 1. The predicted octanol–water partition coefficient (Wildman–Crippen LogP) is 0.853. The highest BCUT2D eigenvalue weighted by molar-refractivity contribution is 7.13. The average Bonchev–Trinajstić information content (AvgIpc) is 2.51. The first kappa shape index (κ1) is 8.65. The van der Waals surface area contributed by atoms with Gasteiger partial charge < -0.3 is 10.4 Å². The lowest BCUT2D eigenvalue weighted by atomic mass is 9.82. The summed E-state index contributed by atoms with van der Waals surface area (Å²) in [6.45, 7) is 0. The number of thiazole rings is 1. The summed E-state index contributed by atoms with van der Waals surface area (Å²) < 4.78 is 0. The van der Waals surface area contributed by atoms with E-state index in [1.807, 2.05) is 5.38 Å². The highest BCUT2D eigenvalue weighted by Crippen LogP contribution is 2.28. The molecule has 2 rings (SSSR count). The van der Waals surface area contributed by atoms with Crippen LogP contribution in [0.1, 0.15) is 12.8 Å². The van der Waals surface area contributed by atoms with E-state index in [-0.39, 0.29) is 17.9 Å². The zero-order valence-corrected chi connectivity index (χ0v) is 7.75. The number of amides is 1. The number of hydrogen-bond donors (Lipinski definition) is 2. The number of hydrogen-bond acceptors (Lipinski definition) is 4. The van der Waals surface area contributed by atoms with Crippen molar-refractivity contribution >= 4 is 22.4 Å². The van der Waals surface area contributed by atoms with Crippen LogP contribution in [0.3, 0.4) is 0 Å². The Kier molecular flexibility index (Phi) is 2.28. The van der Waals surface area contributed by atoms with E-state index in [1.165, 1.54) is 11.3 Å². The van der Waals surface area contributed by atoms with Crippen LogP contribution in [-0.4, -0.2) is 22.1 Å². The highest BCUT2D eigenvalue weighted by atomic mass is 32.1. The van der Waals surface area contributed by atoms with Crippen molar-refractivity contribution in [1.29, 1.82) is 0 Å². The fraction of sp³-hybridized carbons (Fsp3) is 0.500. The van der Waals surface area contributed by atoms with Crippen molar-refractivity contribution in [3.05, 3.63) is 11.6 Å². The molecule has 0 spiro atoms. The van der Waals surface area contributed by atoms with Crippen molar-refractivity contribution in [3.63, 3.8) is 0 Å². The van der Waals surface area contributed by atoms with E-state index in [1.54, 1.807) is 6.20 Å².